The molecule has 0 saturated carbocycles. The fourth-order valence-electron chi connectivity index (χ4n) is 5.10. The van der Waals surface area contributed by atoms with E-state index in [1.807, 2.05) is 28.2 Å². The lowest BCUT2D eigenvalue weighted by Gasteiger charge is -2.34. The minimum Gasteiger partial charge on any atom is -0.396 e. The fourth-order valence-corrected chi connectivity index (χ4v) is 5.10. The number of unbranched alkanes of at least 4 members (excludes halogenated alkanes) is 2. The lowest BCUT2D eigenvalue weighted by molar-refractivity contribution is -0.131. The first-order valence-electron chi connectivity index (χ1n) is 13.5. The molecule has 0 bridgehead atoms. The first kappa shape index (κ1) is 31.4. The minimum absolute atomic E-state index is 0.0504. The van der Waals surface area contributed by atoms with E-state index in [4.69, 9.17) is 9.84 Å². The van der Waals surface area contributed by atoms with Gasteiger partial charge in [-0.2, -0.15) is 0 Å². The standard InChI is InChI=1S/C15H27NO2.C14H25NO2/c1-16(2)14(17)13-15(9-5-4-6-10-15)11-7-8-12-18-3;1-15(2)13(17)12-14(10-6-7-11-16)8-4-3-5-9-14/h5,9H,4,6-8,10-13H2,1-3H3;4,8,16H,3,5-7,9-12H2,1-2H3/t15-;14-/m11/s1. The van der Waals surface area contributed by atoms with E-state index >= 15 is 0 Å². The zero-order valence-corrected chi connectivity index (χ0v) is 23.2. The Hall–Kier alpha value is -1.66. The van der Waals surface area contributed by atoms with E-state index in [2.05, 4.69) is 24.3 Å². The maximum Gasteiger partial charge on any atom is 0.222 e. The van der Waals surface area contributed by atoms with Crippen LogP contribution < -0.4 is 0 Å². The molecule has 6 heteroatoms. The van der Waals surface area contributed by atoms with Gasteiger partial charge in [0.25, 0.3) is 0 Å². The van der Waals surface area contributed by atoms with Crippen LogP contribution in [0.1, 0.15) is 89.9 Å². The summed E-state index contributed by atoms with van der Waals surface area (Å²) in [6.45, 7) is 1.07. The lowest BCUT2D eigenvalue weighted by Crippen LogP contribution is -2.31. The topological polar surface area (TPSA) is 70.1 Å². The third-order valence-electron chi connectivity index (χ3n) is 7.39. The van der Waals surface area contributed by atoms with Gasteiger partial charge in [0.1, 0.15) is 0 Å². The van der Waals surface area contributed by atoms with Gasteiger partial charge in [0.05, 0.1) is 0 Å². The molecule has 0 aromatic rings. The van der Waals surface area contributed by atoms with Gasteiger partial charge in [-0.25, -0.2) is 0 Å². The van der Waals surface area contributed by atoms with E-state index in [1.165, 1.54) is 12.8 Å². The molecule has 0 saturated heterocycles. The highest BCUT2D eigenvalue weighted by Gasteiger charge is 2.32. The molecule has 0 unspecified atom stereocenters. The summed E-state index contributed by atoms with van der Waals surface area (Å²) in [4.78, 5) is 27.2. The molecule has 6 nitrogen and oxygen atoms in total. The highest BCUT2D eigenvalue weighted by atomic mass is 16.5. The van der Waals surface area contributed by atoms with E-state index in [-0.39, 0.29) is 29.3 Å². The Kier molecular flexibility index (Phi) is 15.2. The van der Waals surface area contributed by atoms with Gasteiger partial charge in [0.2, 0.25) is 11.8 Å². The van der Waals surface area contributed by atoms with Crippen LogP contribution >= 0.6 is 0 Å². The highest BCUT2D eigenvalue weighted by Crippen LogP contribution is 2.40. The van der Waals surface area contributed by atoms with Crippen LogP contribution in [0.2, 0.25) is 0 Å². The number of hydrogen-bond acceptors (Lipinski definition) is 4. The largest absolute Gasteiger partial charge is 0.396 e. The van der Waals surface area contributed by atoms with Crippen molar-refractivity contribution >= 4 is 11.8 Å². The highest BCUT2D eigenvalue weighted by molar-refractivity contribution is 5.77. The Labute approximate surface area is 214 Å². The van der Waals surface area contributed by atoms with E-state index in [0.717, 1.165) is 70.8 Å². The molecule has 0 aliphatic heterocycles. The third kappa shape index (κ3) is 12.2. The van der Waals surface area contributed by atoms with Crippen LogP contribution in [0.4, 0.5) is 0 Å². The van der Waals surface area contributed by atoms with Crippen LogP contribution in [0.5, 0.6) is 0 Å². The minimum atomic E-state index is 0.0504. The number of allylic oxidation sites excluding steroid dienone is 4. The molecule has 2 atom stereocenters. The zero-order valence-electron chi connectivity index (χ0n) is 23.2. The van der Waals surface area contributed by atoms with Gasteiger partial charge in [0.15, 0.2) is 0 Å². The average molecular weight is 493 g/mol. The first-order chi connectivity index (χ1) is 16.7. The second kappa shape index (κ2) is 16.9. The Morgan fingerprint density at radius 2 is 1.26 bits per heavy atom. The van der Waals surface area contributed by atoms with Crippen molar-refractivity contribution in [3.8, 4) is 0 Å². The van der Waals surface area contributed by atoms with Crippen molar-refractivity contribution in [2.24, 2.45) is 10.8 Å². The van der Waals surface area contributed by atoms with Gasteiger partial charge in [-0.3, -0.25) is 9.59 Å². The number of nitrogens with zero attached hydrogens (tertiary/aromatic N) is 2. The number of methoxy groups -OCH3 is 1. The summed E-state index contributed by atoms with van der Waals surface area (Å²) in [5.74, 6) is 0.453. The van der Waals surface area contributed by atoms with Gasteiger partial charge in [0, 0.05) is 61.4 Å². The van der Waals surface area contributed by atoms with Crippen molar-refractivity contribution in [3.63, 3.8) is 0 Å². The van der Waals surface area contributed by atoms with Crippen molar-refractivity contribution in [1.29, 1.82) is 0 Å². The van der Waals surface area contributed by atoms with Crippen LogP contribution in [0.25, 0.3) is 0 Å². The Balaban J connectivity index is 0.000000351. The molecule has 0 heterocycles. The van der Waals surface area contributed by atoms with E-state index < -0.39 is 0 Å². The van der Waals surface area contributed by atoms with Crippen LogP contribution in [0.3, 0.4) is 0 Å². The number of hydrogen-bond donors (Lipinski definition) is 1. The molecule has 0 aromatic carbocycles. The third-order valence-corrected chi connectivity index (χ3v) is 7.39. The maximum absolute atomic E-state index is 12.0. The fraction of sp³-hybridized carbons (Fsp3) is 0.793. The maximum atomic E-state index is 12.0. The molecular weight excluding hydrogens is 440 g/mol. The van der Waals surface area contributed by atoms with Crippen molar-refractivity contribution in [3.05, 3.63) is 24.3 Å². The Morgan fingerprint density at radius 3 is 1.60 bits per heavy atom. The summed E-state index contributed by atoms with van der Waals surface area (Å²) in [6.07, 6.45) is 23.4. The monoisotopic (exact) mass is 492 g/mol. The number of aliphatic hydroxyl groups is 1. The zero-order chi connectivity index (χ0) is 26.2. The summed E-state index contributed by atoms with van der Waals surface area (Å²) >= 11 is 0. The predicted octanol–water partition coefficient (Wildman–Crippen LogP) is 5.36. The van der Waals surface area contributed by atoms with Crippen LogP contribution in [-0.2, 0) is 14.3 Å². The van der Waals surface area contributed by atoms with Crippen molar-refractivity contribution in [1.82, 2.24) is 9.80 Å². The van der Waals surface area contributed by atoms with Crippen LogP contribution in [-0.4, -0.2) is 75.2 Å². The molecule has 2 amide bonds. The molecule has 0 radical (unpaired) electrons. The molecule has 2 aliphatic carbocycles. The van der Waals surface area contributed by atoms with E-state index in [0.29, 0.717) is 12.8 Å². The van der Waals surface area contributed by atoms with Gasteiger partial charge < -0.3 is 19.6 Å². The van der Waals surface area contributed by atoms with Crippen molar-refractivity contribution in [2.45, 2.75) is 89.9 Å². The number of aliphatic hydroxyl groups excluding tert-OH is 1. The Morgan fingerprint density at radius 1 is 0.800 bits per heavy atom. The number of ether oxygens (including phenoxy) is 1. The van der Waals surface area contributed by atoms with Crippen molar-refractivity contribution < 1.29 is 19.4 Å². The SMILES string of the molecule is CN(C)C(=O)C[C@]1(CCCCO)C=CCCC1.COCCCC[C@@]1(CC(=O)N(C)C)C=CCCC1. The summed E-state index contributed by atoms with van der Waals surface area (Å²) in [7, 11) is 9.05. The Bertz CT molecular complexity index is 674. The van der Waals surface area contributed by atoms with Gasteiger partial charge >= 0.3 is 0 Å². The van der Waals surface area contributed by atoms with E-state index in [1.54, 1.807) is 16.9 Å². The van der Waals surface area contributed by atoms with Crippen LogP contribution in [0, 0.1) is 10.8 Å². The number of carbonyl (C=O) groups is 2. The lowest BCUT2D eigenvalue weighted by atomic mass is 9.72. The van der Waals surface area contributed by atoms with E-state index in [9.17, 15) is 9.59 Å². The van der Waals surface area contributed by atoms with Gasteiger partial charge in [-0.1, -0.05) is 37.1 Å². The molecule has 0 fully saturated rings. The first-order valence-corrected chi connectivity index (χ1v) is 13.5. The molecule has 202 valence electrons. The van der Waals surface area contributed by atoms with Crippen LogP contribution in [0.15, 0.2) is 24.3 Å². The predicted molar refractivity (Wildman–Crippen MR) is 144 cm³/mol. The molecule has 0 spiro atoms. The second-order valence-corrected chi connectivity index (χ2v) is 10.9. The second-order valence-electron chi connectivity index (χ2n) is 10.9. The molecule has 0 aromatic heterocycles. The summed E-state index contributed by atoms with van der Waals surface area (Å²) in [5, 5.41) is 8.86. The smallest absolute Gasteiger partial charge is 0.222 e. The molecule has 1 N–H and O–H groups in total. The summed E-state index contributed by atoms with van der Waals surface area (Å²) < 4.78 is 5.09. The molecular formula is C29H52N2O4. The van der Waals surface area contributed by atoms with Crippen molar-refractivity contribution in [2.75, 3.05) is 48.5 Å². The molecule has 35 heavy (non-hydrogen) atoms. The number of rotatable bonds is 13. The molecule has 2 aliphatic rings. The number of amides is 2. The quantitative estimate of drug-likeness (QED) is 0.277. The summed E-state index contributed by atoms with van der Waals surface area (Å²) in [5.41, 5.74) is 0.155. The number of carbonyl (C=O) groups excluding carboxylic acids is 2. The van der Waals surface area contributed by atoms with Gasteiger partial charge in [-0.05, 0) is 75.0 Å². The molecule has 2 rings (SSSR count). The summed E-state index contributed by atoms with van der Waals surface area (Å²) in [6, 6.07) is 0. The average Bonchev–Trinajstić information content (AvgIpc) is 2.83. The van der Waals surface area contributed by atoms with Gasteiger partial charge in [-0.15, -0.1) is 0 Å². The normalized spacial score (nSPS) is 23.4.